The van der Waals surface area contributed by atoms with Crippen LogP contribution in [0.25, 0.3) is 10.9 Å². The van der Waals surface area contributed by atoms with Gasteiger partial charge in [0.15, 0.2) is 0 Å². The maximum absolute atomic E-state index is 5.81. The second-order valence-electron chi connectivity index (χ2n) is 4.66. The predicted molar refractivity (Wildman–Crippen MR) is 78.2 cm³/mol. The molecule has 0 saturated carbocycles. The fraction of sp³-hybridized carbons (Fsp3) is 0.188. The van der Waals surface area contributed by atoms with E-state index in [1.165, 1.54) is 5.39 Å². The molecule has 4 heteroatoms. The SMILES string of the molecule is COc1ncccc1COc1ccc2cc(C)[nH]c2c1. The molecule has 0 saturated heterocycles. The molecular formula is C16H16N2O2. The van der Waals surface area contributed by atoms with E-state index in [1.54, 1.807) is 13.3 Å². The number of aryl methyl sites for hydroxylation is 1. The Balaban J connectivity index is 1.79. The maximum atomic E-state index is 5.81. The molecule has 0 aliphatic heterocycles. The van der Waals surface area contributed by atoms with Gasteiger partial charge in [-0.2, -0.15) is 0 Å². The maximum Gasteiger partial charge on any atom is 0.219 e. The summed E-state index contributed by atoms with van der Waals surface area (Å²) in [7, 11) is 1.61. The molecule has 0 aliphatic rings. The van der Waals surface area contributed by atoms with Crippen molar-refractivity contribution in [2.24, 2.45) is 0 Å². The molecule has 0 fully saturated rings. The molecule has 0 amide bonds. The molecule has 2 aromatic heterocycles. The zero-order valence-corrected chi connectivity index (χ0v) is 11.5. The highest BCUT2D eigenvalue weighted by atomic mass is 16.5. The summed E-state index contributed by atoms with van der Waals surface area (Å²) in [5.41, 5.74) is 3.15. The Labute approximate surface area is 117 Å². The highest BCUT2D eigenvalue weighted by Crippen LogP contribution is 2.23. The van der Waals surface area contributed by atoms with Crippen LogP contribution in [0.1, 0.15) is 11.3 Å². The summed E-state index contributed by atoms with van der Waals surface area (Å²) < 4.78 is 11.0. The van der Waals surface area contributed by atoms with Crippen LogP contribution in [0.5, 0.6) is 11.6 Å². The molecule has 0 radical (unpaired) electrons. The van der Waals surface area contributed by atoms with Gasteiger partial charge >= 0.3 is 0 Å². The Hall–Kier alpha value is -2.49. The van der Waals surface area contributed by atoms with Gasteiger partial charge in [-0.3, -0.25) is 0 Å². The summed E-state index contributed by atoms with van der Waals surface area (Å²) in [5.74, 6) is 1.43. The lowest BCUT2D eigenvalue weighted by atomic mass is 10.2. The first kappa shape index (κ1) is 12.5. The molecule has 0 aliphatic carbocycles. The quantitative estimate of drug-likeness (QED) is 0.788. The van der Waals surface area contributed by atoms with Crippen LogP contribution in [-0.4, -0.2) is 17.1 Å². The Kier molecular flexibility index (Phi) is 3.29. The van der Waals surface area contributed by atoms with Gasteiger partial charge in [-0.15, -0.1) is 0 Å². The number of methoxy groups -OCH3 is 1. The molecule has 0 bridgehead atoms. The third kappa shape index (κ3) is 2.45. The first-order valence-electron chi connectivity index (χ1n) is 6.46. The summed E-state index contributed by atoms with van der Waals surface area (Å²) in [6, 6.07) is 12.0. The molecule has 0 spiro atoms. The molecule has 4 nitrogen and oxygen atoms in total. The Morgan fingerprint density at radius 1 is 1.20 bits per heavy atom. The van der Waals surface area contributed by atoms with E-state index in [1.807, 2.05) is 31.2 Å². The van der Waals surface area contributed by atoms with Crippen molar-refractivity contribution in [3.63, 3.8) is 0 Å². The molecule has 102 valence electrons. The number of ether oxygens (including phenoxy) is 2. The van der Waals surface area contributed by atoms with Crippen molar-refractivity contribution in [1.29, 1.82) is 0 Å². The lowest BCUT2D eigenvalue weighted by Gasteiger charge is -2.09. The minimum atomic E-state index is 0.433. The van der Waals surface area contributed by atoms with Crippen molar-refractivity contribution in [1.82, 2.24) is 9.97 Å². The fourth-order valence-electron chi connectivity index (χ4n) is 2.22. The Morgan fingerprint density at radius 3 is 2.95 bits per heavy atom. The Morgan fingerprint density at radius 2 is 2.10 bits per heavy atom. The predicted octanol–water partition coefficient (Wildman–Crippen LogP) is 3.46. The zero-order chi connectivity index (χ0) is 13.9. The number of fused-ring (bicyclic) bond motifs is 1. The van der Waals surface area contributed by atoms with E-state index in [9.17, 15) is 0 Å². The highest BCUT2D eigenvalue weighted by molar-refractivity contribution is 5.81. The van der Waals surface area contributed by atoms with Gasteiger partial charge in [0.2, 0.25) is 5.88 Å². The second kappa shape index (κ2) is 5.25. The van der Waals surface area contributed by atoms with E-state index >= 15 is 0 Å². The van der Waals surface area contributed by atoms with Crippen molar-refractivity contribution >= 4 is 10.9 Å². The number of pyridine rings is 1. The standard InChI is InChI=1S/C16H16N2O2/c1-11-8-12-5-6-14(9-15(12)18-11)20-10-13-4-3-7-17-16(13)19-2/h3-9,18H,10H2,1-2H3. The molecule has 2 heterocycles. The van der Waals surface area contributed by atoms with Crippen molar-refractivity contribution in [3.8, 4) is 11.6 Å². The third-order valence-corrected chi connectivity index (χ3v) is 3.17. The van der Waals surface area contributed by atoms with E-state index in [0.717, 1.165) is 22.5 Å². The van der Waals surface area contributed by atoms with Crippen LogP contribution in [0.2, 0.25) is 0 Å². The van der Waals surface area contributed by atoms with Gasteiger partial charge in [-0.05, 0) is 42.6 Å². The minimum Gasteiger partial charge on any atom is -0.489 e. The van der Waals surface area contributed by atoms with Crippen molar-refractivity contribution < 1.29 is 9.47 Å². The number of aromatic amines is 1. The van der Waals surface area contributed by atoms with Crippen LogP contribution >= 0.6 is 0 Å². The smallest absolute Gasteiger partial charge is 0.219 e. The number of aromatic nitrogens is 2. The first-order chi connectivity index (χ1) is 9.76. The topological polar surface area (TPSA) is 47.1 Å². The van der Waals surface area contributed by atoms with E-state index in [4.69, 9.17) is 9.47 Å². The lowest BCUT2D eigenvalue weighted by molar-refractivity contribution is 0.294. The van der Waals surface area contributed by atoms with E-state index < -0.39 is 0 Å². The van der Waals surface area contributed by atoms with Gasteiger partial charge in [0.05, 0.1) is 12.7 Å². The van der Waals surface area contributed by atoms with Crippen LogP contribution in [0.15, 0.2) is 42.6 Å². The van der Waals surface area contributed by atoms with Gasteiger partial charge in [-0.25, -0.2) is 4.98 Å². The monoisotopic (exact) mass is 268 g/mol. The number of hydrogen-bond donors (Lipinski definition) is 1. The average Bonchev–Trinajstić information content (AvgIpc) is 2.84. The number of nitrogens with one attached hydrogen (secondary N) is 1. The summed E-state index contributed by atoms with van der Waals surface area (Å²) >= 11 is 0. The summed E-state index contributed by atoms with van der Waals surface area (Å²) in [6.07, 6.45) is 1.70. The third-order valence-electron chi connectivity index (χ3n) is 3.17. The van der Waals surface area contributed by atoms with Crippen LogP contribution in [0, 0.1) is 6.92 Å². The lowest BCUT2D eigenvalue weighted by Crippen LogP contribution is -2.00. The van der Waals surface area contributed by atoms with Crippen molar-refractivity contribution in [3.05, 3.63) is 53.9 Å². The van der Waals surface area contributed by atoms with E-state index in [0.29, 0.717) is 12.5 Å². The molecule has 0 unspecified atom stereocenters. The van der Waals surface area contributed by atoms with Gasteiger partial charge < -0.3 is 14.5 Å². The fourth-order valence-corrected chi connectivity index (χ4v) is 2.22. The molecule has 1 aromatic carbocycles. The highest BCUT2D eigenvalue weighted by Gasteiger charge is 2.05. The van der Waals surface area contributed by atoms with Crippen molar-refractivity contribution in [2.75, 3.05) is 7.11 Å². The number of benzene rings is 1. The number of H-pyrrole nitrogens is 1. The summed E-state index contributed by atoms with van der Waals surface area (Å²) in [4.78, 5) is 7.46. The normalized spacial score (nSPS) is 10.7. The van der Waals surface area contributed by atoms with Crippen LogP contribution < -0.4 is 9.47 Å². The molecule has 0 atom stereocenters. The van der Waals surface area contributed by atoms with Gasteiger partial charge in [0.1, 0.15) is 12.4 Å². The average molecular weight is 268 g/mol. The summed E-state index contributed by atoms with van der Waals surface area (Å²) in [6.45, 7) is 2.48. The van der Waals surface area contributed by atoms with Gasteiger partial charge in [0, 0.05) is 23.5 Å². The van der Waals surface area contributed by atoms with Gasteiger partial charge in [0.25, 0.3) is 0 Å². The van der Waals surface area contributed by atoms with E-state index in [-0.39, 0.29) is 0 Å². The van der Waals surface area contributed by atoms with Crippen LogP contribution in [0.4, 0.5) is 0 Å². The Bertz CT molecular complexity index is 734. The van der Waals surface area contributed by atoms with Crippen molar-refractivity contribution in [2.45, 2.75) is 13.5 Å². The molecule has 3 aromatic rings. The molecule has 20 heavy (non-hydrogen) atoms. The largest absolute Gasteiger partial charge is 0.489 e. The van der Waals surface area contributed by atoms with Crippen LogP contribution in [0.3, 0.4) is 0 Å². The first-order valence-corrected chi connectivity index (χ1v) is 6.46. The zero-order valence-electron chi connectivity index (χ0n) is 11.5. The molecule has 1 N–H and O–H groups in total. The number of nitrogens with zero attached hydrogens (tertiary/aromatic N) is 1. The number of rotatable bonds is 4. The number of hydrogen-bond acceptors (Lipinski definition) is 3. The van der Waals surface area contributed by atoms with Gasteiger partial charge in [-0.1, -0.05) is 0 Å². The van der Waals surface area contributed by atoms with E-state index in [2.05, 4.69) is 22.1 Å². The van der Waals surface area contributed by atoms with Crippen LogP contribution in [-0.2, 0) is 6.61 Å². The molecule has 3 rings (SSSR count). The summed E-state index contributed by atoms with van der Waals surface area (Å²) in [5, 5.41) is 1.19. The second-order valence-corrected chi connectivity index (χ2v) is 4.66. The molecular weight excluding hydrogens is 252 g/mol. The minimum absolute atomic E-state index is 0.433.